The van der Waals surface area contributed by atoms with Crippen molar-refractivity contribution in [3.63, 3.8) is 0 Å². The summed E-state index contributed by atoms with van der Waals surface area (Å²) in [4.78, 5) is 33.0. The molecule has 36 heavy (non-hydrogen) atoms. The third-order valence-corrected chi connectivity index (χ3v) is 8.04. The summed E-state index contributed by atoms with van der Waals surface area (Å²) in [6, 6.07) is 14.1. The number of aromatic hydroxyl groups is 1. The van der Waals surface area contributed by atoms with Crippen LogP contribution < -0.4 is 15.7 Å². The Morgan fingerprint density at radius 3 is 2.86 bits per heavy atom. The van der Waals surface area contributed by atoms with E-state index in [1.807, 2.05) is 30.3 Å². The molecular formula is C26H24N4O4S2. The van der Waals surface area contributed by atoms with Gasteiger partial charge >= 0.3 is 0 Å². The van der Waals surface area contributed by atoms with E-state index in [0.717, 1.165) is 41.8 Å². The van der Waals surface area contributed by atoms with Gasteiger partial charge in [0.15, 0.2) is 16.7 Å². The number of benzene rings is 2. The van der Waals surface area contributed by atoms with Gasteiger partial charge in [0.1, 0.15) is 4.83 Å². The summed E-state index contributed by atoms with van der Waals surface area (Å²) >= 11 is 2.79. The van der Waals surface area contributed by atoms with Crippen LogP contribution in [0.4, 0.5) is 0 Å². The van der Waals surface area contributed by atoms with Gasteiger partial charge in [0.25, 0.3) is 11.5 Å². The number of fused-ring (bicyclic) bond motifs is 3. The molecule has 1 aliphatic rings. The Morgan fingerprint density at radius 1 is 1.25 bits per heavy atom. The van der Waals surface area contributed by atoms with Gasteiger partial charge in [-0.05, 0) is 67.1 Å². The lowest BCUT2D eigenvalue weighted by atomic mass is 9.97. The second-order valence-electron chi connectivity index (χ2n) is 8.27. The molecule has 0 spiro atoms. The van der Waals surface area contributed by atoms with Crippen LogP contribution in [0.3, 0.4) is 0 Å². The Labute approximate surface area is 215 Å². The molecule has 1 amide bonds. The van der Waals surface area contributed by atoms with Crippen molar-refractivity contribution in [2.24, 2.45) is 5.10 Å². The number of thiophene rings is 1. The van der Waals surface area contributed by atoms with Gasteiger partial charge < -0.3 is 9.84 Å². The predicted molar refractivity (Wildman–Crippen MR) is 143 cm³/mol. The first-order valence-corrected chi connectivity index (χ1v) is 13.3. The Balaban J connectivity index is 1.38. The van der Waals surface area contributed by atoms with Crippen molar-refractivity contribution in [2.75, 3.05) is 12.9 Å². The van der Waals surface area contributed by atoms with Gasteiger partial charge in [0.05, 0.1) is 30.2 Å². The molecule has 2 heterocycles. The molecule has 0 aliphatic heterocycles. The number of carbonyl (C=O) groups excluding carboxylic acids is 1. The van der Waals surface area contributed by atoms with Crippen LogP contribution in [0.15, 0.2) is 63.6 Å². The summed E-state index contributed by atoms with van der Waals surface area (Å²) in [5.74, 6) is 0.0417. The molecule has 5 rings (SSSR count). The number of rotatable bonds is 7. The van der Waals surface area contributed by atoms with Crippen LogP contribution in [0.5, 0.6) is 11.5 Å². The SMILES string of the molecule is COc1cc(C=NNC(=O)CSc2nc3sc4c(c3c(=O)n2-c2ccccc2)CCCC4)ccc1O. The molecule has 0 atom stereocenters. The highest BCUT2D eigenvalue weighted by molar-refractivity contribution is 7.99. The zero-order valence-electron chi connectivity index (χ0n) is 19.6. The fourth-order valence-electron chi connectivity index (χ4n) is 4.20. The quantitative estimate of drug-likeness (QED) is 0.163. The average Bonchev–Trinajstić information content (AvgIpc) is 3.27. The number of phenols is 1. The summed E-state index contributed by atoms with van der Waals surface area (Å²) in [7, 11) is 1.46. The van der Waals surface area contributed by atoms with E-state index in [4.69, 9.17) is 9.72 Å². The highest BCUT2D eigenvalue weighted by Crippen LogP contribution is 2.35. The third-order valence-electron chi connectivity index (χ3n) is 5.91. The molecule has 2 aromatic heterocycles. The lowest BCUT2D eigenvalue weighted by Gasteiger charge is -2.13. The zero-order valence-corrected chi connectivity index (χ0v) is 21.2. The molecule has 4 aromatic rings. The summed E-state index contributed by atoms with van der Waals surface area (Å²) in [5.41, 5.74) is 4.92. The van der Waals surface area contributed by atoms with Crippen LogP contribution in [-0.2, 0) is 17.6 Å². The average molecular weight is 521 g/mol. The second-order valence-corrected chi connectivity index (χ2v) is 10.3. The van der Waals surface area contributed by atoms with Gasteiger partial charge in [-0.25, -0.2) is 10.4 Å². The molecule has 1 aliphatic carbocycles. The highest BCUT2D eigenvalue weighted by atomic mass is 32.2. The van der Waals surface area contributed by atoms with Crippen LogP contribution in [0.25, 0.3) is 15.9 Å². The van der Waals surface area contributed by atoms with Gasteiger partial charge in [0, 0.05) is 4.88 Å². The van der Waals surface area contributed by atoms with E-state index in [1.54, 1.807) is 28.0 Å². The van der Waals surface area contributed by atoms with Crippen molar-refractivity contribution in [2.45, 2.75) is 30.8 Å². The topological polar surface area (TPSA) is 106 Å². The van der Waals surface area contributed by atoms with E-state index >= 15 is 0 Å². The molecule has 8 nitrogen and oxygen atoms in total. The number of ether oxygens (including phenoxy) is 1. The number of methoxy groups -OCH3 is 1. The number of amides is 1. The maximum absolute atomic E-state index is 13.7. The first kappa shape index (κ1) is 24.1. The van der Waals surface area contributed by atoms with E-state index in [2.05, 4.69) is 10.5 Å². The van der Waals surface area contributed by atoms with Crippen molar-refractivity contribution in [1.82, 2.24) is 15.0 Å². The number of thioether (sulfide) groups is 1. The van der Waals surface area contributed by atoms with Crippen LogP contribution in [0.1, 0.15) is 28.8 Å². The Bertz CT molecular complexity index is 1510. The highest BCUT2D eigenvalue weighted by Gasteiger charge is 2.23. The first-order chi connectivity index (χ1) is 17.5. The molecule has 10 heteroatoms. The van der Waals surface area contributed by atoms with E-state index in [1.165, 1.54) is 36.0 Å². The normalized spacial score (nSPS) is 13.1. The van der Waals surface area contributed by atoms with Crippen molar-refractivity contribution in [3.8, 4) is 17.2 Å². The number of nitrogens with zero attached hydrogens (tertiary/aromatic N) is 3. The summed E-state index contributed by atoms with van der Waals surface area (Å²) in [6.07, 6.45) is 5.56. The molecule has 0 saturated carbocycles. The fourth-order valence-corrected chi connectivity index (χ4v) is 6.31. The number of phenolic OH excluding ortho intramolecular Hbond substituents is 1. The van der Waals surface area contributed by atoms with Crippen molar-refractivity contribution < 1.29 is 14.6 Å². The number of para-hydroxylation sites is 1. The molecule has 2 N–H and O–H groups in total. The molecule has 0 fully saturated rings. The standard InChI is InChI=1S/C26H24N4O4S2/c1-34-20-13-16(11-12-19(20)31)14-27-29-22(32)15-35-26-28-24-23(18-9-5-6-10-21(18)36-24)25(33)30(26)17-7-3-2-4-8-17/h2-4,7-8,11-14,31H,5-6,9-10,15H2,1H3,(H,29,32). The first-order valence-electron chi connectivity index (χ1n) is 11.5. The Morgan fingerprint density at radius 2 is 2.06 bits per heavy atom. The minimum atomic E-state index is -0.332. The van der Waals surface area contributed by atoms with Crippen LogP contribution >= 0.6 is 23.1 Å². The number of aryl methyl sites for hydroxylation is 2. The molecule has 0 saturated heterocycles. The number of carbonyl (C=O) groups is 1. The molecule has 0 radical (unpaired) electrons. The molecule has 184 valence electrons. The number of hydrogen-bond acceptors (Lipinski definition) is 8. The number of nitrogens with one attached hydrogen (secondary N) is 1. The van der Waals surface area contributed by atoms with Crippen molar-refractivity contribution >= 4 is 45.4 Å². The van der Waals surface area contributed by atoms with E-state index in [0.29, 0.717) is 21.9 Å². The minimum Gasteiger partial charge on any atom is -0.504 e. The molecule has 0 bridgehead atoms. The molecular weight excluding hydrogens is 496 g/mol. The Hall–Kier alpha value is -3.63. The van der Waals surface area contributed by atoms with Gasteiger partial charge in [0.2, 0.25) is 0 Å². The largest absolute Gasteiger partial charge is 0.504 e. The Kier molecular flexibility index (Phi) is 7.06. The number of aromatic nitrogens is 2. The smallest absolute Gasteiger partial charge is 0.267 e. The number of hydrazone groups is 1. The van der Waals surface area contributed by atoms with Crippen molar-refractivity contribution in [1.29, 1.82) is 0 Å². The van der Waals surface area contributed by atoms with E-state index < -0.39 is 0 Å². The van der Waals surface area contributed by atoms with E-state index in [9.17, 15) is 14.7 Å². The zero-order chi connectivity index (χ0) is 25.1. The lowest BCUT2D eigenvalue weighted by molar-refractivity contribution is -0.118. The fraction of sp³-hybridized carbons (Fsp3) is 0.231. The minimum absolute atomic E-state index is 0.0237. The monoisotopic (exact) mass is 520 g/mol. The predicted octanol–water partition coefficient (Wildman–Crippen LogP) is 4.28. The summed E-state index contributed by atoms with van der Waals surface area (Å²) in [5, 5.41) is 14.9. The van der Waals surface area contributed by atoms with Crippen LogP contribution in [0, 0.1) is 0 Å². The maximum atomic E-state index is 13.7. The summed E-state index contributed by atoms with van der Waals surface area (Å²) < 4.78 is 6.68. The maximum Gasteiger partial charge on any atom is 0.267 e. The van der Waals surface area contributed by atoms with Crippen LogP contribution in [0.2, 0.25) is 0 Å². The van der Waals surface area contributed by atoms with Gasteiger partial charge in [-0.1, -0.05) is 30.0 Å². The van der Waals surface area contributed by atoms with Gasteiger partial charge in [-0.15, -0.1) is 11.3 Å². The lowest BCUT2D eigenvalue weighted by Crippen LogP contribution is -2.24. The van der Waals surface area contributed by atoms with E-state index in [-0.39, 0.29) is 23.0 Å². The van der Waals surface area contributed by atoms with Gasteiger partial charge in [-0.2, -0.15) is 5.10 Å². The van der Waals surface area contributed by atoms with Crippen molar-refractivity contribution in [3.05, 3.63) is 74.9 Å². The molecule has 2 aromatic carbocycles. The third kappa shape index (κ3) is 4.87. The molecule has 0 unspecified atom stereocenters. The second kappa shape index (κ2) is 10.5. The van der Waals surface area contributed by atoms with Gasteiger partial charge in [-0.3, -0.25) is 14.2 Å². The summed E-state index contributed by atoms with van der Waals surface area (Å²) in [6.45, 7) is 0. The van der Waals surface area contributed by atoms with Crippen LogP contribution in [-0.4, -0.2) is 39.6 Å². The number of hydrogen-bond donors (Lipinski definition) is 2.